The van der Waals surface area contributed by atoms with E-state index < -0.39 is 84.5 Å². The van der Waals surface area contributed by atoms with Crippen LogP contribution in [0.1, 0.15) is 61.0 Å². The Bertz CT molecular complexity index is 1350. The second kappa shape index (κ2) is 14.2. The Labute approximate surface area is 287 Å². The lowest BCUT2D eigenvalue weighted by Gasteiger charge is -2.45. The van der Waals surface area contributed by atoms with Gasteiger partial charge in [-0.05, 0) is 61.0 Å². The molecular formula is C35H49NO13. The maximum absolute atomic E-state index is 13.1. The van der Waals surface area contributed by atoms with Crippen molar-refractivity contribution in [3.05, 3.63) is 47.7 Å². The summed E-state index contributed by atoms with van der Waals surface area (Å²) in [5, 5.41) is 0. The van der Waals surface area contributed by atoms with Crippen molar-refractivity contribution in [3.63, 3.8) is 0 Å². The van der Waals surface area contributed by atoms with Crippen LogP contribution < -0.4 is 0 Å². The third kappa shape index (κ3) is 7.97. The van der Waals surface area contributed by atoms with E-state index in [9.17, 15) is 9.59 Å². The molecular weight excluding hydrogens is 642 g/mol. The number of likely N-dealkylation sites (tertiary alicyclic amines) is 1. The number of fused-ring (bicyclic) bond motifs is 4. The largest absolute Gasteiger partial charge is 0.462 e. The van der Waals surface area contributed by atoms with Crippen LogP contribution in [0.25, 0.3) is 0 Å². The van der Waals surface area contributed by atoms with Crippen LogP contribution in [0.3, 0.4) is 0 Å². The van der Waals surface area contributed by atoms with Gasteiger partial charge in [0.1, 0.15) is 42.7 Å². The van der Waals surface area contributed by atoms with Crippen LogP contribution in [0.2, 0.25) is 0 Å². The monoisotopic (exact) mass is 691 g/mol. The van der Waals surface area contributed by atoms with Crippen LogP contribution in [0.5, 0.6) is 0 Å². The normalized spacial score (nSPS) is 35.2. The van der Waals surface area contributed by atoms with Gasteiger partial charge in [-0.3, -0.25) is 0 Å². The topological polar surface area (TPSA) is 139 Å². The molecule has 1 aromatic rings. The Morgan fingerprint density at radius 3 is 1.98 bits per heavy atom. The minimum Gasteiger partial charge on any atom is -0.462 e. The number of carbonyl (C=O) groups excluding carboxylic acids is 2. The van der Waals surface area contributed by atoms with Crippen molar-refractivity contribution in [1.29, 1.82) is 0 Å². The lowest BCUT2D eigenvalue weighted by molar-refractivity contribution is -0.257. The third-order valence-electron chi connectivity index (χ3n) is 8.80. The predicted molar refractivity (Wildman–Crippen MR) is 169 cm³/mol. The molecule has 0 amide bonds. The van der Waals surface area contributed by atoms with E-state index >= 15 is 0 Å². The van der Waals surface area contributed by atoms with Gasteiger partial charge in [0.15, 0.2) is 35.5 Å². The van der Waals surface area contributed by atoms with Crippen molar-refractivity contribution < 1.29 is 61.7 Å². The number of nitrogens with zero attached hydrogens (tertiary/aromatic N) is 1. The molecule has 5 heterocycles. The Morgan fingerprint density at radius 1 is 0.755 bits per heavy atom. The van der Waals surface area contributed by atoms with Gasteiger partial charge in [-0.1, -0.05) is 30.3 Å². The smallest absolute Gasteiger partial charge is 0.347 e. The molecule has 1 aromatic carbocycles. The first-order chi connectivity index (χ1) is 23.2. The van der Waals surface area contributed by atoms with Crippen LogP contribution >= 0.6 is 0 Å². The molecule has 0 N–H and O–H groups in total. The minimum absolute atomic E-state index is 0.0132. The maximum Gasteiger partial charge on any atom is 0.347 e. The van der Waals surface area contributed by atoms with Gasteiger partial charge in [0.05, 0.1) is 26.4 Å². The number of carbonyl (C=O) groups is 2. The van der Waals surface area contributed by atoms with Gasteiger partial charge in [-0.25, -0.2) is 9.59 Å². The molecule has 0 radical (unpaired) electrons. The van der Waals surface area contributed by atoms with Gasteiger partial charge in [-0.15, -0.1) is 0 Å². The van der Waals surface area contributed by atoms with Crippen LogP contribution in [0.15, 0.2) is 42.1 Å². The summed E-state index contributed by atoms with van der Waals surface area (Å²) in [6.07, 6.45) is -4.11. The molecule has 0 spiro atoms. The molecule has 0 aliphatic carbocycles. The van der Waals surface area contributed by atoms with Gasteiger partial charge in [-0.2, -0.15) is 0 Å². The zero-order chi connectivity index (χ0) is 35.1. The second-order valence-corrected chi connectivity index (χ2v) is 14.0. The molecule has 14 nitrogen and oxygen atoms in total. The molecule has 49 heavy (non-hydrogen) atoms. The number of rotatable bonds is 11. The summed E-state index contributed by atoms with van der Waals surface area (Å²) in [5.74, 6) is -4.40. The van der Waals surface area contributed by atoms with Crippen molar-refractivity contribution in [3.8, 4) is 0 Å². The number of benzene rings is 1. The highest BCUT2D eigenvalue weighted by Gasteiger charge is 2.61. The van der Waals surface area contributed by atoms with Crippen molar-refractivity contribution in [2.24, 2.45) is 0 Å². The highest BCUT2D eigenvalue weighted by atomic mass is 16.9. The molecule has 272 valence electrons. The Balaban J connectivity index is 1.31. The molecule has 5 saturated heterocycles. The number of piperidine rings is 1. The fraction of sp³-hybridized carbons (Fsp3) is 0.714. The summed E-state index contributed by atoms with van der Waals surface area (Å²) in [6.45, 7) is 14.9. The first-order valence-corrected chi connectivity index (χ1v) is 17.0. The molecule has 14 heteroatoms. The average molecular weight is 692 g/mol. The Hall–Kier alpha value is -2.66. The first kappa shape index (κ1) is 36.1. The highest BCUT2D eigenvalue weighted by Crippen LogP contribution is 2.45. The van der Waals surface area contributed by atoms with Gasteiger partial charge in [0, 0.05) is 12.7 Å². The van der Waals surface area contributed by atoms with Gasteiger partial charge < -0.3 is 57.0 Å². The molecule has 6 rings (SSSR count). The molecule has 0 saturated carbocycles. The average Bonchev–Trinajstić information content (AvgIpc) is 3.65. The van der Waals surface area contributed by atoms with Crippen LogP contribution in [0, 0.1) is 0 Å². The van der Waals surface area contributed by atoms with E-state index in [2.05, 4.69) is 0 Å². The molecule has 0 aromatic heterocycles. The van der Waals surface area contributed by atoms with Crippen molar-refractivity contribution in [1.82, 2.24) is 4.90 Å². The van der Waals surface area contributed by atoms with E-state index in [1.54, 1.807) is 18.7 Å². The maximum atomic E-state index is 13.1. The van der Waals surface area contributed by atoms with E-state index in [-0.39, 0.29) is 31.9 Å². The summed E-state index contributed by atoms with van der Waals surface area (Å²) in [7, 11) is 0. The third-order valence-corrected chi connectivity index (χ3v) is 8.80. The Morgan fingerprint density at radius 2 is 1.33 bits per heavy atom. The quantitative estimate of drug-likeness (QED) is 0.145. The molecule has 5 fully saturated rings. The molecule has 9 atom stereocenters. The molecule has 5 aliphatic heterocycles. The highest BCUT2D eigenvalue weighted by molar-refractivity contribution is 6.13. The number of esters is 2. The SMILES string of the molecule is CCOC(=O)C(=CN1C[C@@H](OCc2ccccc2)[C@H]2OC(C)(C)O[C@H]2[C@@H]1OC[C@H]1O[C@@H]2OC(C)(C)O[C@@H]2[C@H]2OC(C)(C)O[C@H]21)C(=O)OCC. The fourth-order valence-corrected chi connectivity index (χ4v) is 6.96. The number of hydrogen-bond acceptors (Lipinski definition) is 14. The van der Waals surface area contributed by atoms with E-state index in [1.165, 1.54) is 6.20 Å². The van der Waals surface area contributed by atoms with Crippen molar-refractivity contribution >= 4 is 11.9 Å². The summed E-state index contributed by atoms with van der Waals surface area (Å²) in [5.41, 5.74) is 0.683. The summed E-state index contributed by atoms with van der Waals surface area (Å²) in [4.78, 5) is 27.9. The van der Waals surface area contributed by atoms with Gasteiger partial charge in [0.2, 0.25) is 0 Å². The van der Waals surface area contributed by atoms with Crippen LogP contribution in [-0.2, 0) is 68.3 Å². The van der Waals surface area contributed by atoms with Crippen molar-refractivity contribution in [2.45, 2.75) is 135 Å². The lowest BCUT2D eigenvalue weighted by Crippen LogP contribution is -2.61. The second-order valence-electron chi connectivity index (χ2n) is 14.0. The summed E-state index contributed by atoms with van der Waals surface area (Å²) >= 11 is 0. The van der Waals surface area contributed by atoms with Crippen molar-refractivity contribution in [2.75, 3.05) is 26.4 Å². The van der Waals surface area contributed by atoms with E-state index in [4.69, 9.17) is 52.1 Å². The minimum atomic E-state index is -0.983. The standard InChI is InChI=1S/C35H49NO13/c1-9-39-30(37)21(31(38)40-10-2)16-36-17-22(41-18-20-14-12-11-13-15-20)24-27(47-34(5,6)44-24)29(36)42-19-23-25-26(46-33(3,4)45-25)28-32(43-23)49-35(7,8)48-28/h11-16,22-29,32H,9-10,17-19H2,1-8H3/t22-,23-,24-,25+,26+,27-,28-,29+,32-/m1/s1. The molecule has 0 bridgehead atoms. The summed E-state index contributed by atoms with van der Waals surface area (Å²) in [6, 6.07) is 9.75. The lowest BCUT2D eigenvalue weighted by atomic mass is 9.98. The van der Waals surface area contributed by atoms with Crippen LogP contribution in [-0.4, -0.2) is 116 Å². The van der Waals surface area contributed by atoms with E-state index in [0.717, 1.165) is 5.56 Å². The van der Waals surface area contributed by atoms with Gasteiger partial charge in [0.25, 0.3) is 0 Å². The van der Waals surface area contributed by atoms with E-state index in [1.807, 2.05) is 71.9 Å². The van der Waals surface area contributed by atoms with Gasteiger partial charge >= 0.3 is 11.9 Å². The first-order valence-electron chi connectivity index (χ1n) is 17.0. The number of ether oxygens (including phenoxy) is 11. The predicted octanol–water partition coefficient (Wildman–Crippen LogP) is 3.16. The molecule has 0 unspecified atom stereocenters. The zero-order valence-corrected chi connectivity index (χ0v) is 29.5. The zero-order valence-electron chi connectivity index (χ0n) is 29.5. The van der Waals surface area contributed by atoms with Crippen LogP contribution in [0.4, 0.5) is 0 Å². The Kier molecular flexibility index (Phi) is 10.4. The van der Waals surface area contributed by atoms with E-state index in [0.29, 0.717) is 6.61 Å². The summed E-state index contributed by atoms with van der Waals surface area (Å²) < 4.78 is 67.7. The fourth-order valence-electron chi connectivity index (χ4n) is 6.96. The number of hydrogen-bond donors (Lipinski definition) is 0. The molecule has 5 aliphatic rings.